The van der Waals surface area contributed by atoms with E-state index in [2.05, 4.69) is 12.2 Å². The molecule has 0 amide bonds. The van der Waals surface area contributed by atoms with Crippen LogP contribution < -0.4 is 26.9 Å². The van der Waals surface area contributed by atoms with Gasteiger partial charge in [0.1, 0.15) is 0 Å². The van der Waals surface area contributed by atoms with Crippen LogP contribution >= 0.6 is 0 Å². The third-order valence-corrected chi connectivity index (χ3v) is 6.36. The second-order valence-electron chi connectivity index (χ2n) is 6.32. The first-order chi connectivity index (χ1) is 13.8. The third kappa shape index (κ3) is 6.50. The first-order valence-electron chi connectivity index (χ1n) is 8.98. The number of dihydropyridines is 1. The van der Waals surface area contributed by atoms with Crippen molar-refractivity contribution in [1.82, 2.24) is 5.32 Å². The van der Waals surface area contributed by atoms with Crippen molar-refractivity contribution in [3.8, 4) is 0 Å². The number of hydrogen-bond donors (Lipinski definition) is 1. The molecule has 0 spiro atoms. The Balaban J connectivity index is 0.00000132. The Hall–Kier alpha value is -2.52. The van der Waals surface area contributed by atoms with Gasteiger partial charge in [-0.05, 0) is 0 Å². The van der Waals surface area contributed by atoms with Gasteiger partial charge >= 0.3 is 171 Å². The number of rotatable bonds is 7. The molecule has 0 saturated heterocycles. The van der Waals surface area contributed by atoms with Crippen LogP contribution in [0.2, 0.25) is 0 Å². The van der Waals surface area contributed by atoms with Gasteiger partial charge in [0, 0.05) is 0 Å². The van der Waals surface area contributed by atoms with E-state index in [1.165, 1.54) is 6.07 Å². The van der Waals surface area contributed by atoms with Crippen molar-refractivity contribution in [2.75, 3.05) is 4.43 Å². The fourth-order valence-corrected chi connectivity index (χ4v) is 4.79. The van der Waals surface area contributed by atoms with Crippen LogP contribution in [0.15, 0.2) is 46.8 Å². The molecule has 1 aliphatic rings. The molecule has 1 N–H and O–H groups in total. The number of benzene rings is 1. The van der Waals surface area contributed by atoms with Crippen molar-refractivity contribution in [2.45, 2.75) is 46.5 Å². The molecule has 0 bridgehead atoms. The Morgan fingerprint density at radius 3 is 2.45 bits per heavy atom. The standard InChI is InChI=1S/C19H24IN2O4.CO2/c1-5-6-11-20-26-19(23)18-14(4)21-13(3)12(2)17(18)15-9-7-8-10-16(15)22(24)25;2-1-3/h7-10,17,21H,5-6,11H2,1-4H3;/q-1;. The number of nitro groups is 1. The molecule has 1 aromatic carbocycles. The Bertz CT molecular complexity index is 856. The molecule has 29 heavy (non-hydrogen) atoms. The van der Waals surface area contributed by atoms with Gasteiger partial charge in [0.25, 0.3) is 0 Å². The molecule has 9 heteroatoms. The molecular weight excluding hydrogens is 491 g/mol. The summed E-state index contributed by atoms with van der Waals surface area (Å²) < 4.78 is 6.49. The van der Waals surface area contributed by atoms with E-state index in [-0.39, 0.29) is 17.8 Å². The maximum absolute atomic E-state index is 12.8. The molecular formula is C20H24IN2O6-. The molecule has 1 unspecified atom stereocenters. The SMILES string of the molecule is CCCC[I-]OC(=O)C1=C(C)NC(C)=C(C)C1c1ccccc1[N+](=O)[O-].O=C=O. The fraction of sp³-hybridized carbons (Fsp3) is 0.400. The molecule has 2 rings (SSSR count). The first kappa shape index (κ1) is 24.5. The first-order valence-corrected chi connectivity index (χ1v) is 11.4. The smallest absolute Gasteiger partial charge is 0.186 e. The van der Waals surface area contributed by atoms with Crippen molar-refractivity contribution < 1.29 is 44.0 Å². The topological polar surface area (TPSA) is 116 Å². The summed E-state index contributed by atoms with van der Waals surface area (Å²) in [4.78, 5) is 40.2. The number of alkyl halides is 1. The normalized spacial score (nSPS) is 15.8. The summed E-state index contributed by atoms with van der Waals surface area (Å²) in [5.41, 5.74) is 3.50. The second kappa shape index (κ2) is 12.1. The fourth-order valence-electron chi connectivity index (χ4n) is 2.97. The van der Waals surface area contributed by atoms with Crippen molar-refractivity contribution in [1.29, 1.82) is 0 Å². The number of unbranched alkanes of at least 4 members (excludes halogenated alkanes) is 1. The molecule has 1 heterocycles. The number of carbonyl (C=O) groups is 1. The second-order valence-corrected chi connectivity index (χ2v) is 8.46. The van der Waals surface area contributed by atoms with Crippen LogP contribution in [0.3, 0.4) is 0 Å². The maximum atomic E-state index is 12.8. The van der Waals surface area contributed by atoms with Crippen LogP contribution in [0.4, 0.5) is 5.69 Å². The molecule has 8 nitrogen and oxygen atoms in total. The largest absolute Gasteiger partial charge is 0.373 e. The number of para-hydroxylation sites is 1. The van der Waals surface area contributed by atoms with Crippen LogP contribution in [0, 0.1) is 10.1 Å². The van der Waals surface area contributed by atoms with Gasteiger partial charge in [0.2, 0.25) is 0 Å². The predicted molar refractivity (Wildman–Crippen MR) is 101 cm³/mol. The number of carbonyl (C=O) groups excluding carboxylic acids is 3. The van der Waals surface area contributed by atoms with Gasteiger partial charge in [-0.2, -0.15) is 9.59 Å². The molecule has 0 saturated carbocycles. The number of nitrogens with one attached hydrogen (secondary N) is 1. The minimum Gasteiger partial charge on any atom is -0.186 e. The Morgan fingerprint density at radius 2 is 1.86 bits per heavy atom. The van der Waals surface area contributed by atoms with E-state index in [4.69, 9.17) is 12.7 Å². The van der Waals surface area contributed by atoms with E-state index in [0.717, 1.165) is 28.5 Å². The zero-order chi connectivity index (χ0) is 22.0. The van der Waals surface area contributed by atoms with Gasteiger partial charge in [0.05, 0.1) is 0 Å². The van der Waals surface area contributed by atoms with Crippen LogP contribution in [0.1, 0.15) is 52.0 Å². The molecule has 1 atom stereocenters. The summed E-state index contributed by atoms with van der Waals surface area (Å²) in [7, 11) is 0. The van der Waals surface area contributed by atoms with Gasteiger partial charge in [-0.15, -0.1) is 0 Å². The molecule has 0 aromatic heterocycles. The van der Waals surface area contributed by atoms with Crippen molar-refractivity contribution >= 4 is 17.8 Å². The predicted octanol–water partition coefficient (Wildman–Crippen LogP) is 0.613. The Labute approximate surface area is 180 Å². The van der Waals surface area contributed by atoms with Crippen molar-refractivity contribution in [2.24, 2.45) is 0 Å². The summed E-state index contributed by atoms with van der Waals surface area (Å²) in [6.45, 7) is 7.73. The molecule has 1 aliphatic heterocycles. The number of nitro benzene ring substituents is 1. The summed E-state index contributed by atoms with van der Waals surface area (Å²) >= 11 is -0.666. The van der Waals surface area contributed by atoms with Crippen LogP contribution in [0.5, 0.6) is 0 Å². The number of nitrogens with zero attached hydrogens (tertiary/aromatic N) is 1. The van der Waals surface area contributed by atoms with Crippen LogP contribution in [0.25, 0.3) is 0 Å². The number of hydrogen-bond acceptors (Lipinski definition) is 7. The third-order valence-electron chi connectivity index (χ3n) is 4.45. The molecule has 0 aliphatic carbocycles. The zero-order valence-electron chi connectivity index (χ0n) is 16.8. The summed E-state index contributed by atoms with van der Waals surface area (Å²) in [6.07, 6.45) is 2.36. The average Bonchev–Trinajstić information content (AvgIpc) is 2.68. The zero-order valence-corrected chi connectivity index (χ0v) is 18.9. The molecule has 0 radical (unpaired) electrons. The van der Waals surface area contributed by atoms with E-state index >= 15 is 0 Å². The van der Waals surface area contributed by atoms with Crippen LogP contribution in [-0.4, -0.2) is 21.5 Å². The Morgan fingerprint density at radius 1 is 1.24 bits per heavy atom. The van der Waals surface area contributed by atoms with Gasteiger partial charge in [-0.3, -0.25) is 0 Å². The van der Waals surface area contributed by atoms with Gasteiger partial charge < -0.3 is 0 Å². The molecule has 1 aromatic rings. The van der Waals surface area contributed by atoms with Crippen LogP contribution in [-0.2, 0) is 17.4 Å². The van der Waals surface area contributed by atoms with Crippen molar-refractivity contribution in [3.05, 3.63) is 62.5 Å². The van der Waals surface area contributed by atoms with E-state index < -0.39 is 32.5 Å². The quantitative estimate of drug-likeness (QED) is 0.186. The van der Waals surface area contributed by atoms with E-state index in [1.807, 2.05) is 20.8 Å². The maximum Gasteiger partial charge on any atom is 0.373 e. The Kier molecular flexibility index (Phi) is 10.3. The van der Waals surface area contributed by atoms with Gasteiger partial charge in [-0.25, -0.2) is 0 Å². The minimum absolute atomic E-state index is 0.0188. The van der Waals surface area contributed by atoms with Gasteiger partial charge in [0.15, 0.2) is 0 Å². The van der Waals surface area contributed by atoms with E-state index in [9.17, 15) is 14.9 Å². The molecule has 0 fully saturated rings. The minimum atomic E-state index is -0.666. The van der Waals surface area contributed by atoms with E-state index in [1.54, 1.807) is 18.2 Å². The average molecular weight is 515 g/mol. The summed E-state index contributed by atoms with van der Waals surface area (Å²) in [5, 5.41) is 14.7. The monoisotopic (exact) mass is 515 g/mol. The number of allylic oxidation sites excluding steroid dienone is 3. The van der Waals surface area contributed by atoms with E-state index in [0.29, 0.717) is 16.8 Å². The van der Waals surface area contributed by atoms with Crippen molar-refractivity contribution in [3.63, 3.8) is 0 Å². The van der Waals surface area contributed by atoms with Gasteiger partial charge in [-0.1, -0.05) is 0 Å². The molecule has 158 valence electrons. The summed E-state index contributed by atoms with van der Waals surface area (Å²) in [5.74, 6) is -0.838. The number of halogens is 1. The summed E-state index contributed by atoms with van der Waals surface area (Å²) in [6, 6.07) is 6.60.